The van der Waals surface area contributed by atoms with Crippen LogP contribution < -0.4 is 0 Å². The smallest absolute Gasteiger partial charge is 0.302 e. The van der Waals surface area contributed by atoms with Crippen LogP contribution in [-0.2, 0) is 27.1 Å². The lowest BCUT2D eigenvalue weighted by Crippen LogP contribution is -2.30. The fourth-order valence-corrected chi connectivity index (χ4v) is 3.03. The first-order valence-electron chi connectivity index (χ1n) is 9.54. The highest BCUT2D eigenvalue weighted by molar-refractivity contribution is 5.65. The molecule has 1 unspecified atom stereocenters. The minimum Gasteiger partial charge on any atom is -0.463 e. The summed E-state index contributed by atoms with van der Waals surface area (Å²) in [5.41, 5.74) is 2.52. The van der Waals surface area contributed by atoms with E-state index < -0.39 is 0 Å². The van der Waals surface area contributed by atoms with Crippen molar-refractivity contribution in [3.63, 3.8) is 0 Å². The van der Waals surface area contributed by atoms with Crippen LogP contribution in [0.5, 0.6) is 0 Å². The summed E-state index contributed by atoms with van der Waals surface area (Å²) in [4.78, 5) is 11.2. The minimum atomic E-state index is -0.252. The van der Waals surface area contributed by atoms with Crippen LogP contribution in [0.4, 0.5) is 0 Å². The topological polar surface area (TPSA) is 35.5 Å². The molecular weight excluding hydrogens is 324 g/mol. The lowest BCUT2D eigenvalue weighted by molar-refractivity contribution is -0.147. The second-order valence-electron chi connectivity index (χ2n) is 6.70. The van der Waals surface area contributed by atoms with Crippen LogP contribution in [0.25, 0.3) is 0 Å². The molecule has 0 aromatic heterocycles. The van der Waals surface area contributed by atoms with E-state index in [0.717, 1.165) is 32.1 Å². The molecule has 0 aliphatic heterocycles. The van der Waals surface area contributed by atoms with Gasteiger partial charge in [-0.25, -0.2) is 0 Å². The standard InChI is InChI=1S/C23H30O3/c1-3-4-15-22(18-25-19(2)24)26-23(16-20-11-7-5-8-12-20)17-21-13-9-6-10-14-21/h5-14,22-23H,3-4,15-18H2,1-2H3. The molecule has 3 heteroatoms. The van der Waals surface area contributed by atoms with E-state index in [1.165, 1.54) is 18.1 Å². The van der Waals surface area contributed by atoms with Crippen molar-refractivity contribution in [3.05, 3.63) is 71.8 Å². The fourth-order valence-electron chi connectivity index (χ4n) is 3.03. The molecule has 26 heavy (non-hydrogen) atoms. The summed E-state index contributed by atoms with van der Waals surface area (Å²) < 4.78 is 11.7. The van der Waals surface area contributed by atoms with Crippen molar-refractivity contribution in [1.82, 2.24) is 0 Å². The second kappa shape index (κ2) is 11.5. The van der Waals surface area contributed by atoms with Gasteiger partial charge in [0, 0.05) is 6.92 Å². The van der Waals surface area contributed by atoms with Crippen LogP contribution in [0.1, 0.15) is 44.2 Å². The van der Waals surface area contributed by atoms with Gasteiger partial charge in [-0.3, -0.25) is 4.79 Å². The van der Waals surface area contributed by atoms with Crippen LogP contribution in [0, 0.1) is 0 Å². The van der Waals surface area contributed by atoms with E-state index in [1.807, 2.05) is 12.1 Å². The van der Waals surface area contributed by atoms with E-state index in [-0.39, 0.29) is 18.2 Å². The zero-order chi connectivity index (χ0) is 18.6. The number of carbonyl (C=O) groups is 1. The number of carbonyl (C=O) groups excluding carboxylic acids is 1. The predicted octanol–water partition coefficient (Wildman–Crippen LogP) is 4.98. The first-order chi connectivity index (χ1) is 12.7. The predicted molar refractivity (Wildman–Crippen MR) is 105 cm³/mol. The summed E-state index contributed by atoms with van der Waals surface area (Å²) in [5, 5.41) is 0. The largest absolute Gasteiger partial charge is 0.463 e. The van der Waals surface area contributed by atoms with Gasteiger partial charge in [0.15, 0.2) is 0 Å². The van der Waals surface area contributed by atoms with Crippen LogP contribution in [0.3, 0.4) is 0 Å². The number of esters is 1. The molecule has 0 bridgehead atoms. The first kappa shape index (κ1) is 20.2. The van der Waals surface area contributed by atoms with E-state index in [2.05, 4.69) is 55.5 Å². The quantitative estimate of drug-likeness (QED) is 0.534. The fraction of sp³-hybridized carbons (Fsp3) is 0.435. The average Bonchev–Trinajstić information content (AvgIpc) is 2.65. The van der Waals surface area contributed by atoms with Crippen LogP contribution in [0.2, 0.25) is 0 Å². The molecule has 2 rings (SSSR count). The van der Waals surface area contributed by atoms with E-state index in [1.54, 1.807) is 0 Å². The summed E-state index contributed by atoms with van der Waals surface area (Å²) in [6.07, 6.45) is 4.76. The van der Waals surface area contributed by atoms with Crippen LogP contribution in [-0.4, -0.2) is 24.8 Å². The number of hydrogen-bond donors (Lipinski definition) is 0. The Bertz CT molecular complexity index is 583. The summed E-state index contributed by atoms with van der Waals surface area (Å²) in [6, 6.07) is 20.8. The summed E-state index contributed by atoms with van der Waals surface area (Å²) >= 11 is 0. The summed E-state index contributed by atoms with van der Waals surface area (Å²) in [7, 11) is 0. The Morgan fingerprint density at radius 2 is 1.42 bits per heavy atom. The average molecular weight is 354 g/mol. The Morgan fingerprint density at radius 3 is 1.88 bits per heavy atom. The third-order valence-electron chi connectivity index (χ3n) is 4.35. The molecule has 1 atom stereocenters. The molecule has 0 fully saturated rings. The van der Waals surface area contributed by atoms with Crippen molar-refractivity contribution in [2.75, 3.05) is 6.61 Å². The molecule has 0 saturated carbocycles. The molecule has 3 nitrogen and oxygen atoms in total. The number of hydrogen-bond acceptors (Lipinski definition) is 3. The SMILES string of the molecule is CCCCC(COC(C)=O)OC(Cc1ccccc1)Cc1ccccc1. The monoisotopic (exact) mass is 354 g/mol. The lowest BCUT2D eigenvalue weighted by atomic mass is 10.0. The van der Waals surface area contributed by atoms with Crippen molar-refractivity contribution >= 4 is 5.97 Å². The number of ether oxygens (including phenoxy) is 2. The lowest BCUT2D eigenvalue weighted by Gasteiger charge is -2.25. The molecule has 0 heterocycles. The zero-order valence-corrected chi connectivity index (χ0v) is 15.9. The number of benzene rings is 2. The minimum absolute atomic E-state index is 0.0530. The molecule has 0 spiro atoms. The Balaban J connectivity index is 2.07. The molecule has 0 amide bonds. The molecule has 0 aliphatic rings. The molecule has 0 radical (unpaired) electrons. The van der Waals surface area contributed by atoms with E-state index in [0.29, 0.717) is 6.61 Å². The Hall–Kier alpha value is -2.13. The van der Waals surface area contributed by atoms with E-state index in [9.17, 15) is 4.79 Å². The molecule has 0 aliphatic carbocycles. The maximum atomic E-state index is 11.2. The van der Waals surface area contributed by atoms with Gasteiger partial charge < -0.3 is 9.47 Å². The van der Waals surface area contributed by atoms with Gasteiger partial charge >= 0.3 is 5.97 Å². The maximum Gasteiger partial charge on any atom is 0.302 e. The molecule has 2 aromatic carbocycles. The van der Waals surface area contributed by atoms with Gasteiger partial charge in [0.2, 0.25) is 0 Å². The third kappa shape index (κ3) is 7.83. The van der Waals surface area contributed by atoms with Crippen molar-refractivity contribution < 1.29 is 14.3 Å². The van der Waals surface area contributed by atoms with Crippen molar-refractivity contribution in [3.8, 4) is 0 Å². The van der Waals surface area contributed by atoms with Gasteiger partial charge in [0.25, 0.3) is 0 Å². The highest BCUT2D eigenvalue weighted by Crippen LogP contribution is 2.17. The molecular formula is C23H30O3. The Labute approximate surface area is 157 Å². The third-order valence-corrected chi connectivity index (χ3v) is 4.35. The first-order valence-corrected chi connectivity index (χ1v) is 9.54. The van der Waals surface area contributed by atoms with E-state index >= 15 is 0 Å². The second-order valence-corrected chi connectivity index (χ2v) is 6.70. The number of rotatable bonds is 11. The maximum absolute atomic E-state index is 11.2. The van der Waals surface area contributed by atoms with Crippen molar-refractivity contribution in [2.45, 2.75) is 58.2 Å². The molecule has 2 aromatic rings. The van der Waals surface area contributed by atoms with Gasteiger partial charge in [0.05, 0.1) is 12.2 Å². The van der Waals surface area contributed by atoms with E-state index in [4.69, 9.17) is 9.47 Å². The summed E-state index contributed by atoms with van der Waals surface area (Å²) in [6.45, 7) is 3.94. The molecule has 0 N–H and O–H groups in total. The van der Waals surface area contributed by atoms with Gasteiger partial charge in [-0.15, -0.1) is 0 Å². The van der Waals surface area contributed by atoms with Gasteiger partial charge in [-0.2, -0.15) is 0 Å². The normalized spacial score (nSPS) is 12.1. The highest BCUT2D eigenvalue weighted by Gasteiger charge is 2.19. The zero-order valence-electron chi connectivity index (χ0n) is 15.9. The molecule has 0 saturated heterocycles. The molecule has 140 valence electrons. The van der Waals surface area contributed by atoms with Gasteiger partial charge in [0.1, 0.15) is 6.61 Å². The Kier molecular flexibility index (Phi) is 8.91. The van der Waals surface area contributed by atoms with Crippen LogP contribution >= 0.6 is 0 Å². The summed E-state index contributed by atoms with van der Waals surface area (Å²) in [5.74, 6) is -0.252. The highest BCUT2D eigenvalue weighted by atomic mass is 16.6. The van der Waals surface area contributed by atoms with Crippen LogP contribution in [0.15, 0.2) is 60.7 Å². The van der Waals surface area contributed by atoms with Crippen molar-refractivity contribution in [2.24, 2.45) is 0 Å². The van der Waals surface area contributed by atoms with Gasteiger partial charge in [-0.05, 0) is 30.4 Å². The Morgan fingerprint density at radius 1 is 0.885 bits per heavy atom. The van der Waals surface area contributed by atoms with Gasteiger partial charge in [-0.1, -0.05) is 80.4 Å². The number of unbranched alkanes of at least 4 members (excludes halogenated alkanes) is 1. The van der Waals surface area contributed by atoms with Crippen molar-refractivity contribution in [1.29, 1.82) is 0 Å².